The molecule has 4 nitrogen and oxygen atoms in total. The number of hydrogen-bond acceptors (Lipinski definition) is 3. The summed E-state index contributed by atoms with van der Waals surface area (Å²) >= 11 is 5.72. The van der Waals surface area contributed by atoms with E-state index in [1.807, 2.05) is 50.4 Å². The Bertz CT molecular complexity index is 947. The number of aryl methyl sites for hydroxylation is 2. The minimum Gasteiger partial charge on any atom is -0.376 e. The van der Waals surface area contributed by atoms with Gasteiger partial charge in [-0.3, -0.25) is 4.57 Å². The van der Waals surface area contributed by atoms with Gasteiger partial charge in [-0.25, -0.2) is 9.97 Å². The van der Waals surface area contributed by atoms with Gasteiger partial charge in [-0.2, -0.15) is 43.0 Å². The van der Waals surface area contributed by atoms with Gasteiger partial charge < -0.3 is 19.2 Å². The van der Waals surface area contributed by atoms with Crippen LogP contribution in [0.3, 0.4) is 0 Å². The summed E-state index contributed by atoms with van der Waals surface area (Å²) in [6.07, 6.45) is 5.13. The van der Waals surface area contributed by atoms with E-state index >= 15 is 0 Å². The van der Waals surface area contributed by atoms with Crippen LogP contribution in [0.4, 0.5) is 5.69 Å². The van der Waals surface area contributed by atoms with Crippen molar-refractivity contribution in [2.45, 2.75) is 32.2 Å². The van der Waals surface area contributed by atoms with Crippen LogP contribution in [0.2, 0.25) is 5.02 Å². The van der Waals surface area contributed by atoms with Crippen LogP contribution in [-0.2, 0) is 5.54 Å². The van der Waals surface area contributed by atoms with Gasteiger partial charge in [0, 0.05) is 11.7 Å². The van der Waals surface area contributed by atoms with Crippen LogP contribution in [0.25, 0.3) is 5.82 Å². The third-order valence-corrected chi connectivity index (χ3v) is 5.22. The molecule has 0 amide bonds. The molecule has 0 unspecified atom stereocenters. The number of aromatic nitrogens is 3. The molecular weight excluding hydrogens is 363 g/mol. The van der Waals surface area contributed by atoms with E-state index in [9.17, 15) is 0 Å². The fourth-order valence-corrected chi connectivity index (χ4v) is 3.37. The molecule has 4 rings (SSSR count). The summed E-state index contributed by atoms with van der Waals surface area (Å²) in [5, 5.41) is 4.27. The summed E-state index contributed by atoms with van der Waals surface area (Å²) in [5.74, 6) is 1.85. The number of halogens is 1. The quantitative estimate of drug-likeness (QED) is 0.543. The predicted octanol–water partition coefficient (Wildman–Crippen LogP) is 2.48. The van der Waals surface area contributed by atoms with Gasteiger partial charge in [-0.15, -0.1) is 11.6 Å². The molecule has 3 heterocycles. The van der Waals surface area contributed by atoms with Crippen LogP contribution in [0, 0.1) is 34.6 Å². The third kappa shape index (κ3) is 4.10. The van der Waals surface area contributed by atoms with Crippen molar-refractivity contribution in [3.63, 3.8) is 0 Å². The van der Waals surface area contributed by atoms with Crippen LogP contribution in [0.1, 0.15) is 35.5 Å². The van der Waals surface area contributed by atoms with Crippen molar-refractivity contribution in [2.75, 3.05) is 5.32 Å². The number of rotatable bonds is 2. The number of nitrogens with zero attached hydrogens (tertiary/aromatic N) is 3. The molecule has 1 aliphatic rings. The normalized spacial score (nSPS) is 13.2. The Morgan fingerprint density at radius 2 is 1.86 bits per heavy atom. The molecule has 0 saturated heterocycles. The van der Waals surface area contributed by atoms with Gasteiger partial charge in [0.25, 0.3) is 0 Å². The van der Waals surface area contributed by atoms with E-state index in [0.717, 1.165) is 46.5 Å². The number of pyridine rings is 1. The van der Waals surface area contributed by atoms with Crippen molar-refractivity contribution in [2.24, 2.45) is 0 Å². The molecule has 0 spiro atoms. The Hall–Kier alpha value is -1.86. The van der Waals surface area contributed by atoms with Crippen LogP contribution in [0.15, 0.2) is 42.7 Å². The molecule has 1 N–H and O–H groups in total. The molecule has 3 aromatic rings. The first-order valence-corrected chi connectivity index (χ1v) is 9.24. The number of fused-ring (bicyclic) bond motifs is 3. The first-order chi connectivity index (χ1) is 12.9. The second-order valence-electron chi connectivity index (χ2n) is 6.70. The zero-order chi connectivity index (χ0) is 19.6. The van der Waals surface area contributed by atoms with E-state index in [2.05, 4.69) is 40.6 Å². The van der Waals surface area contributed by atoms with Crippen molar-refractivity contribution in [1.29, 1.82) is 0 Å². The van der Waals surface area contributed by atoms with E-state index in [-0.39, 0.29) is 24.4 Å². The van der Waals surface area contributed by atoms with Crippen LogP contribution in [-0.4, -0.2) is 14.5 Å². The summed E-state index contributed by atoms with van der Waals surface area (Å²) in [6.45, 7) is 15.9. The SMILES string of the molecule is [CH2-]CC1(C[CH2-])Nc2cccnc2-n2c1cnc2C.[CH2-]c1cc(C)ccc1Cl.[Li+]. The summed E-state index contributed by atoms with van der Waals surface area (Å²) in [4.78, 5) is 8.86. The summed E-state index contributed by atoms with van der Waals surface area (Å²) in [6, 6.07) is 9.75. The summed E-state index contributed by atoms with van der Waals surface area (Å²) < 4.78 is 2.10. The molecule has 0 radical (unpaired) electrons. The van der Waals surface area contributed by atoms with Crippen molar-refractivity contribution in [1.82, 2.24) is 14.5 Å². The number of nitrogens with one attached hydrogen (secondary N) is 1. The maximum Gasteiger partial charge on any atom is 1.00 e. The Labute approximate surface area is 184 Å². The number of hydrogen-bond donors (Lipinski definition) is 1. The van der Waals surface area contributed by atoms with Gasteiger partial charge in [-0.1, -0.05) is 18.0 Å². The zero-order valence-corrected chi connectivity index (χ0v) is 17.6. The Morgan fingerprint density at radius 1 is 1.14 bits per heavy atom. The topological polar surface area (TPSA) is 42.7 Å². The van der Waals surface area contributed by atoms with Gasteiger partial charge in [0.15, 0.2) is 5.82 Å². The molecule has 6 heteroatoms. The average molecular weight is 387 g/mol. The Balaban J connectivity index is 0.000000239. The smallest absolute Gasteiger partial charge is 0.376 e. The molecule has 28 heavy (non-hydrogen) atoms. The largest absolute Gasteiger partial charge is 1.00 e. The zero-order valence-electron chi connectivity index (χ0n) is 16.8. The molecule has 0 fully saturated rings. The van der Waals surface area contributed by atoms with Gasteiger partial charge in [0.2, 0.25) is 0 Å². The molecule has 1 aromatic carbocycles. The minimum absolute atomic E-state index is 0. The van der Waals surface area contributed by atoms with Crippen molar-refractivity contribution < 1.29 is 18.9 Å². The monoisotopic (exact) mass is 386 g/mol. The molecule has 1 aliphatic heterocycles. The van der Waals surface area contributed by atoms with Gasteiger partial charge in [0.05, 0.1) is 17.6 Å². The van der Waals surface area contributed by atoms with Crippen LogP contribution in [0.5, 0.6) is 0 Å². The summed E-state index contributed by atoms with van der Waals surface area (Å²) in [7, 11) is 0. The molecule has 0 saturated carbocycles. The average Bonchev–Trinajstić information content (AvgIpc) is 3.07. The van der Waals surface area contributed by atoms with Crippen molar-refractivity contribution >= 4 is 17.3 Å². The second kappa shape index (κ2) is 9.09. The fourth-order valence-electron chi connectivity index (χ4n) is 3.25. The number of imidazole rings is 1. The van der Waals surface area contributed by atoms with E-state index in [1.165, 1.54) is 5.56 Å². The molecule has 0 aliphatic carbocycles. The fraction of sp³-hybridized carbons (Fsp3) is 0.227. The maximum absolute atomic E-state index is 5.72. The van der Waals surface area contributed by atoms with Crippen molar-refractivity contribution in [3.8, 4) is 5.82 Å². The van der Waals surface area contributed by atoms with Crippen LogP contribution >= 0.6 is 11.6 Å². The Kier molecular flexibility index (Phi) is 7.28. The Morgan fingerprint density at radius 3 is 2.46 bits per heavy atom. The van der Waals surface area contributed by atoms with Gasteiger partial charge in [-0.05, 0) is 19.1 Å². The maximum atomic E-state index is 5.72. The second-order valence-corrected chi connectivity index (χ2v) is 7.11. The van der Waals surface area contributed by atoms with E-state index < -0.39 is 0 Å². The van der Waals surface area contributed by atoms with E-state index in [1.54, 1.807) is 6.20 Å². The van der Waals surface area contributed by atoms with Gasteiger partial charge >= 0.3 is 18.9 Å². The molecule has 2 aromatic heterocycles. The number of benzene rings is 1. The van der Waals surface area contributed by atoms with Crippen LogP contribution < -0.4 is 24.2 Å². The van der Waals surface area contributed by atoms with E-state index in [4.69, 9.17) is 11.6 Å². The first-order valence-electron chi connectivity index (χ1n) is 8.87. The summed E-state index contributed by atoms with van der Waals surface area (Å²) in [5.41, 5.74) is 3.95. The van der Waals surface area contributed by atoms with Crippen molar-refractivity contribution in [3.05, 3.63) is 91.2 Å². The number of anilines is 1. The standard InChI is InChI=1S/C14H16N4.C8H8Cl.Li/c1-4-14(5-2)12-9-16-10(3)18(12)13-11(17-14)7-6-8-15-13;1-6-3-4-8(9)7(2)5-6;/h6-9,17H,1-2,4-5H2,3H3;3-5H,2H2,1H3;/q-2;-1;+1. The molecule has 142 valence electrons. The molecular formula is C22H24ClLiN4-2. The predicted molar refractivity (Wildman–Crippen MR) is 112 cm³/mol. The van der Waals surface area contributed by atoms with Gasteiger partial charge in [0.1, 0.15) is 5.82 Å². The van der Waals surface area contributed by atoms with E-state index in [0.29, 0.717) is 0 Å². The minimum atomic E-state index is -0.253. The molecule has 0 bridgehead atoms. The first kappa shape index (κ1) is 22.4. The third-order valence-electron chi connectivity index (χ3n) is 4.86. The molecule has 0 atom stereocenters.